The first-order valence-corrected chi connectivity index (χ1v) is 11.4. The molecule has 0 saturated heterocycles. The number of carbonyl (C=O) groups excluding carboxylic acids is 1. The minimum atomic E-state index is -2.66. The molecule has 0 bridgehead atoms. The van der Waals surface area contributed by atoms with Crippen LogP contribution in [0.25, 0.3) is 0 Å². The van der Waals surface area contributed by atoms with Gasteiger partial charge in [-0.3, -0.25) is 9.69 Å². The second kappa shape index (κ2) is 11.3. The van der Waals surface area contributed by atoms with E-state index < -0.39 is 13.0 Å². The van der Waals surface area contributed by atoms with Crippen molar-refractivity contribution in [1.82, 2.24) is 10.2 Å². The highest BCUT2D eigenvalue weighted by Crippen LogP contribution is 2.55. The van der Waals surface area contributed by atoms with Gasteiger partial charge in [0.2, 0.25) is 6.41 Å². The molecule has 1 unspecified atom stereocenters. The molecule has 1 amide bonds. The third-order valence-corrected chi connectivity index (χ3v) is 6.95. The smallest absolute Gasteiger partial charge is 0.256 e. The lowest BCUT2D eigenvalue weighted by Gasteiger charge is -2.42. The van der Waals surface area contributed by atoms with Gasteiger partial charge in [-0.05, 0) is 73.0 Å². The molecule has 6 nitrogen and oxygen atoms in total. The third-order valence-electron chi connectivity index (χ3n) is 6.60. The number of methoxy groups -OCH3 is 2. The van der Waals surface area contributed by atoms with E-state index in [-0.39, 0.29) is 22.7 Å². The highest BCUT2D eigenvalue weighted by Gasteiger charge is 2.48. The van der Waals surface area contributed by atoms with E-state index in [1.165, 1.54) is 5.56 Å². The van der Waals surface area contributed by atoms with E-state index in [4.69, 9.17) is 26.4 Å². The number of amides is 1. The number of hydrogen-bond donors (Lipinski definition) is 1. The molecule has 1 spiro atoms. The van der Waals surface area contributed by atoms with Crippen molar-refractivity contribution < 1.29 is 27.8 Å². The largest absolute Gasteiger partial charge is 0.493 e. The number of halogens is 2. The average Bonchev–Trinajstić information content (AvgIpc) is 3.07. The van der Waals surface area contributed by atoms with Crippen LogP contribution in [0.3, 0.4) is 0 Å². The van der Waals surface area contributed by atoms with Crippen molar-refractivity contribution in [2.45, 2.75) is 57.1 Å². The Hall–Kier alpha value is -1.84. The van der Waals surface area contributed by atoms with Crippen molar-refractivity contribution in [1.29, 1.82) is 0 Å². The first-order valence-electron chi connectivity index (χ1n) is 11.0. The lowest BCUT2D eigenvalue weighted by molar-refractivity contribution is -0.116. The number of hydrogen-bond acceptors (Lipinski definition) is 5. The summed E-state index contributed by atoms with van der Waals surface area (Å²) < 4.78 is 42.3. The Morgan fingerprint density at radius 1 is 1.31 bits per heavy atom. The minimum absolute atomic E-state index is 0.0257. The maximum Gasteiger partial charge on any atom is 0.256 e. The number of carbonyl (C=O) groups is 1. The molecule has 2 aliphatic carbocycles. The van der Waals surface area contributed by atoms with Crippen molar-refractivity contribution >= 4 is 23.7 Å². The predicted molar refractivity (Wildman–Crippen MR) is 121 cm³/mol. The van der Waals surface area contributed by atoms with Crippen LogP contribution in [-0.4, -0.2) is 62.9 Å². The van der Waals surface area contributed by atoms with E-state index >= 15 is 0 Å². The monoisotopic (exact) mass is 470 g/mol. The molecule has 178 valence electrons. The van der Waals surface area contributed by atoms with Gasteiger partial charge in [0, 0.05) is 27.2 Å². The molecular formula is C23H32F2N2O4S. The quantitative estimate of drug-likeness (QED) is 0.318. The van der Waals surface area contributed by atoms with Gasteiger partial charge in [0.05, 0.1) is 25.3 Å². The summed E-state index contributed by atoms with van der Waals surface area (Å²) in [7, 11) is 3.39. The van der Waals surface area contributed by atoms with Crippen molar-refractivity contribution in [2.24, 2.45) is 5.41 Å². The summed E-state index contributed by atoms with van der Waals surface area (Å²) in [6.45, 7) is 0.437. The van der Waals surface area contributed by atoms with E-state index in [0.29, 0.717) is 19.6 Å². The molecule has 1 N–H and O–H groups in total. The molecule has 1 saturated carbocycles. The number of rotatable bonds is 10. The van der Waals surface area contributed by atoms with E-state index in [0.717, 1.165) is 54.7 Å². The molecule has 0 aromatic heterocycles. The van der Waals surface area contributed by atoms with Crippen LogP contribution in [0.15, 0.2) is 18.2 Å². The van der Waals surface area contributed by atoms with Gasteiger partial charge in [0.15, 0.2) is 5.11 Å². The molecule has 3 rings (SSSR count). The molecule has 0 aliphatic heterocycles. The van der Waals surface area contributed by atoms with Gasteiger partial charge in [-0.25, -0.2) is 8.78 Å². The number of nitrogens with one attached hydrogen (secondary N) is 1. The lowest BCUT2D eigenvalue weighted by atomic mass is 9.68. The van der Waals surface area contributed by atoms with E-state index in [9.17, 15) is 13.6 Å². The van der Waals surface area contributed by atoms with Crippen LogP contribution in [0.4, 0.5) is 8.78 Å². The molecule has 0 radical (unpaired) electrons. The molecule has 1 fully saturated rings. The van der Waals surface area contributed by atoms with Crippen LogP contribution < -0.4 is 10.1 Å². The van der Waals surface area contributed by atoms with Gasteiger partial charge in [-0.2, -0.15) is 0 Å². The number of ether oxygens (including phenoxy) is 3. The fraction of sp³-hybridized carbons (Fsp3) is 0.652. The van der Waals surface area contributed by atoms with Crippen molar-refractivity contribution in [3.8, 4) is 5.75 Å². The van der Waals surface area contributed by atoms with Gasteiger partial charge in [-0.15, -0.1) is 0 Å². The van der Waals surface area contributed by atoms with Crippen molar-refractivity contribution in [3.05, 3.63) is 29.3 Å². The van der Waals surface area contributed by atoms with Gasteiger partial charge < -0.3 is 19.5 Å². The second-order valence-electron chi connectivity index (χ2n) is 8.56. The van der Waals surface area contributed by atoms with Crippen molar-refractivity contribution in [3.63, 3.8) is 0 Å². The molecule has 32 heavy (non-hydrogen) atoms. The van der Waals surface area contributed by atoms with Crippen LogP contribution in [0.5, 0.6) is 5.75 Å². The maximum atomic E-state index is 12.9. The Morgan fingerprint density at radius 2 is 2.06 bits per heavy atom. The molecule has 9 heteroatoms. The number of thiocarbonyl (C=S) groups is 1. The Balaban J connectivity index is 1.83. The van der Waals surface area contributed by atoms with Crippen LogP contribution in [0, 0.1) is 5.41 Å². The molecule has 0 heterocycles. The Bertz CT molecular complexity index is 787. The first kappa shape index (κ1) is 24.8. The van der Waals surface area contributed by atoms with E-state index in [1.54, 1.807) is 14.2 Å². The summed E-state index contributed by atoms with van der Waals surface area (Å²) in [4.78, 5) is 12.3. The molecule has 1 aromatic carbocycles. The summed E-state index contributed by atoms with van der Waals surface area (Å²) in [5.74, 6) is 0.750. The predicted octanol–water partition coefficient (Wildman–Crippen LogP) is 3.87. The fourth-order valence-electron chi connectivity index (χ4n) is 4.92. The normalized spacial score (nSPS) is 24.4. The van der Waals surface area contributed by atoms with Gasteiger partial charge >= 0.3 is 0 Å². The maximum absolute atomic E-state index is 12.9. The topological polar surface area (TPSA) is 60.0 Å². The van der Waals surface area contributed by atoms with E-state index in [2.05, 4.69) is 11.4 Å². The van der Waals surface area contributed by atoms with Crippen LogP contribution >= 0.6 is 12.2 Å². The average molecular weight is 471 g/mol. The summed E-state index contributed by atoms with van der Waals surface area (Å²) in [5, 5.41) is 3.29. The van der Waals surface area contributed by atoms with Crippen LogP contribution in [0.2, 0.25) is 0 Å². The van der Waals surface area contributed by atoms with Gasteiger partial charge in [0.25, 0.3) is 6.43 Å². The second-order valence-corrected chi connectivity index (χ2v) is 8.95. The summed E-state index contributed by atoms with van der Waals surface area (Å²) in [6, 6.07) is 5.87. The Labute approximate surface area is 193 Å². The Morgan fingerprint density at radius 3 is 2.69 bits per heavy atom. The standard InChI is InChI=1S/C23H32F2N2O4S/c1-29-10-3-11-31-18-5-4-16-13-23(8-6-17(30-2)7-9-23)21(19(16)12-18)26-22(32)27(15-28)14-20(24)25/h4-5,12,15,17,20-21H,3,6-11,13-14H2,1-2H3,(H,26,32)/t17-,21?,23-. The lowest BCUT2D eigenvalue weighted by Crippen LogP contribution is -2.47. The molecule has 1 aromatic rings. The van der Waals surface area contributed by atoms with Crippen LogP contribution in [-0.2, 0) is 20.7 Å². The molecular weight excluding hydrogens is 438 g/mol. The molecule has 1 atom stereocenters. The highest BCUT2D eigenvalue weighted by molar-refractivity contribution is 7.80. The summed E-state index contributed by atoms with van der Waals surface area (Å²) in [6.07, 6.45) is 3.25. The minimum Gasteiger partial charge on any atom is -0.493 e. The number of fused-ring (bicyclic) bond motifs is 1. The zero-order valence-electron chi connectivity index (χ0n) is 18.6. The highest BCUT2D eigenvalue weighted by atomic mass is 32.1. The summed E-state index contributed by atoms with van der Waals surface area (Å²) >= 11 is 5.37. The van der Waals surface area contributed by atoms with Crippen molar-refractivity contribution in [2.75, 3.05) is 34.0 Å². The summed E-state index contributed by atoms with van der Waals surface area (Å²) in [5.41, 5.74) is 2.13. The van der Waals surface area contributed by atoms with Gasteiger partial charge in [-0.1, -0.05) is 6.07 Å². The SMILES string of the molecule is COCCCOc1ccc2c(c1)C(NC(=S)N(C=O)CC(F)F)[C@]1(CC[C@H](OC)CC1)C2. The fourth-order valence-corrected chi connectivity index (χ4v) is 5.16. The number of benzene rings is 1. The zero-order chi connectivity index (χ0) is 23.1. The zero-order valence-corrected chi connectivity index (χ0v) is 19.5. The Kier molecular flexibility index (Phi) is 8.79. The number of alkyl halides is 2. The first-order chi connectivity index (χ1) is 15.4. The number of nitrogens with zero attached hydrogens (tertiary/aromatic N) is 1. The third kappa shape index (κ3) is 5.74. The van der Waals surface area contributed by atoms with E-state index in [1.807, 2.05) is 12.1 Å². The molecule has 2 aliphatic rings. The van der Waals surface area contributed by atoms with Gasteiger partial charge in [0.1, 0.15) is 5.75 Å². The van der Waals surface area contributed by atoms with Crippen LogP contribution in [0.1, 0.15) is 49.3 Å².